The topological polar surface area (TPSA) is 55.1 Å². The predicted molar refractivity (Wildman–Crippen MR) is 72.0 cm³/mol. The Balaban J connectivity index is 1.68. The molecule has 0 bridgehead atoms. The van der Waals surface area contributed by atoms with Gasteiger partial charge in [0.25, 0.3) is 5.91 Å². The molecule has 1 fully saturated rings. The summed E-state index contributed by atoms with van der Waals surface area (Å²) in [6, 6.07) is 0.242. The summed E-state index contributed by atoms with van der Waals surface area (Å²) in [5.74, 6) is 1.50. The predicted octanol–water partition coefficient (Wildman–Crippen LogP) is 2.86. The van der Waals surface area contributed by atoms with Gasteiger partial charge in [0.05, 0.1) is 0 Å². The van der Waals surface area contributed by atoms with E-state index < -0.39 is 0 Å². The number of carbonyl (C=O) groups is 1. The van der Waals surface area contributed by atoms with Crippen molar-refractivity contribution in [3.8, 4) is 0 Å². The lowest BCUT2D eigenvalue weighted by Gasteiger charge is -2.20. The number of hydrogen-bond donors (Lipinski definition) is 1. The highest BCUT2D eigenvalue weighted by molar-refractivity contribution is 5.94. The Bertz CT molecular complexity index is 461. The number of nitrogens with one attached hydrogen (secondary N) is 1. The Morgan fingerprint density at radius 2 is 2.00 bits per heavy atom. The first-order valence-corrected chi connectivity index (χ1v) is 7.54. The highest BCUT2D eigenvalue weighted by Crippen LogP contribution is 2.28. The normalized spacial score (nSPS) is 21.1. The minimum absolute atomic E-state index is 0.0497. The molecule has 3 rings (SSSR count). The van der Waals surface area contributed by atoms with Crippen LogP contribution >= 0.6 is 0 Å². The molecule has 0 spiro atoms. The van der Waals surface area contributed by atoms with E-state index in [4.69, 9.17) is 4.52 Å². The Labute approximate surface area is 113 Å². The SMILES string of the molecule is C[C@H](NC(=O)c1noc2c1CCCC2)C1CCCC1. The molecular formula is C15H22N2O2. The summed E-state index contributed by atoms with van der Waals surface area (Å²) in [7, 11) is 0. The van der Waals surface area contributed by atoms with Gasteiger partial charge in [0.2, 0.25) is 0 Å². The van der Waals surface area contributed by atoms with E-state index in [-0.39, 0.29) is 11.9 Å². The van der Waals surface area contributed by atoms with Crippen molar-refractivity contribution in [3.63, 3.8) is 0 Å². The Hall–Kier alpha value is -1.32. The molecule has 0 saturated heterocycles. The largest absolute Gasteiger partial charge is 0.360 e. The summed E-state index contributed by atoms with van der Waals surface area (Å²) >= 11 is 0. The lowest BCUT2D eigenvalue weighted by Crippen LogP contribution is -2.37. The fourth-order valence-electron chi connectivity index (χ4n) is 3.41. The summed E-state index contributed by atoms with van der Waals surface area (Å²) < 4.78 is 5.30. The summed E-state index contributed by atoms with van der Waals surface area (Å²) in [5.41, 5.74) is 1.57. The number of carbonyl (C=O) groups excluding carboxylic acids is 1. The van der Waals surface area contributed by atoms with Gasteiger partial charge in [-0.1, -0.05) is 18.0 Å². The maximum atomic E-state index is 12.3. The van der Waals surface area contributed by atoms with Crippen LogP contribution in [0.25, 0.3) is 0 Å². The van der Waals surface area contributed by atoms with E-state index in [1.165, 1.54) is 25.7 Å². The molecule has 1 atom stereocenters. The average Bonchev–Trinajstić information content (AvgIpc) is 3.08. The minimum Gasteiger partial charge on any atom is -0.360 e. The Kier molecular flexibility index (Phi) is 3.58. The molecule has 1 saturated carbocycles. The van der Waals surface area contributed by atoms with Gasteiger partial charge in [-0.15, -0.1) is 0 Å². The van der Waals surface area contributed by atoms with Crippen molar-refractivity contribution in [3.05, 3.63) is 17.0 Å². The van der Waals surface area contributed by atoms with E-state index in [0.29, 0.717) is 11.6 Å². The van der Waals surface area contributed by atoms with Crippen molar-refractivity contribution >= 4 is 5.91 Å². The molecule has 0 aliphatic heterocycles. The van der Waals surface area contributed by atoms with Gasteiger partial charge in [-0.25, -0.2) is 0 Å². The standard InChI is InChI=1S/C15H22N2O2/c1-10(11-6-2-3-7-11)16-15(18)14-12-8-4-5-9-13(12)19-17-14/h10-11H,2-9H2,1H3,(H,16,18)/t10-/m0/s1. The maximum Gasteiger partial charge on any atom is 0.273 e. The third kappa shape index (κ3) is 2.53. The zero-order chi connectivity index (χ0) is 13.2. The monoisotopic (exact) mass is 262 g/mol. The van der Waals surface area contributed by atoms with Crippen molar-refractivity contribution in [1.82, 2.24) is 10.5 Å². The Morgan fingerprint density at radius 1 is 1.26 bits per heavy atom. The molecule has 0 unspecified atom stereocenters. The number of amides is 1. The first kappa shape index (κ1) is 12.7. The van der Waals surface area contributed by atoms with Crippen LogP contribution in [0, 0.1) is 5.92 Å². The molecule has 4 nitrogen and oxygen atoms in total. The molecule has 1 aromatic rings. The van der Waals surface area contributed by atoms with Crippen LogP contribution in [0.15, 0.2) is 4.52 Å². The van der Waals surface area contributed by atoms with Gasteiger partial charge < -0.3 is 9.84 Å². The van der Waals surface area contributed by atoms with E-state index in [1.54, 1.807) is 0 Å². The first-order chi connectivity index (χ1) is 9.25. The van der Waals surface area contributed by atoms with Gasteiger partial charge in [-0.2, -0.15) is 0 Å². The second-order valence-electron chi connectivity index (χ2n) is 5.95. The molecule has 1 amide bonds. The van der Waals surface area contributed by atoms with Gasteiger partial charge in [0, 0.05) is 18.0 Å². The Morgan fingerprint density at radius 3 is 2.79 bits per heavy atom. The fourth-order valence-corrected chi connectivity index (χ4v) is 3.41. The van der Waals surface area contributed by atoms with Gasteiger partial charge in [0.15, 0.2) is 5.69 Å². The molecule has 1 aromatic heterocycles. The minimum atomic E-state index is -0.0497. The molecule has 1 N–H and O–H groups in total. The van der Waals surface area contributed by atoms with Crippen LogP contribution in [0.3, 0.4) is 0 Å². The van der Waals surface area contributed by atoms with E-state index in [1.807, 2.05) is 0 Å². The number of nitrogens with zero attached hydrogens (tertiary/aromatic N) is 1. The number of aryl methyl sites for hydroxylation is 1. The average molecular weight is 262 g/mol. The fraction of sp³-hybridized carbons (Fsp3) is 0.733. The summed E-state index contributed by atoms with van der Waals surface area (Å²) in [6.07, 6.45) is 9.19. The number of aromatic nitrogens is 1. The summed E-state index contributed by atoms with van der Waals surface area (Å²) in [4.78, 5) is 12.3. The van der Waals surface area contributed by atoms with E-state index in [2.05, 4.69) is 17.4 Å². The molecule has 0 aromatic carbocycles. The van der Waals surface area contributed by atoms with Gasteiger partial charge in [0.1, 0.15) is 5.76 Å². The van der Waals surface area contributed by atoms with Crippen molar-refractivity contribution in [2.75, 3.05) is 0 Å². The van der Waals surface area contributed by atoms with Gasteiger partial charge >= 0.3 is 0 Å². The molecule has 104 valence electrons. The van der Waals surface area contributed by atoms with Crippen molar-refractivity contribution in [2.45, 2.75) is 64.3 Å². The van der Waals surface area contributed by atoms with Crippen LogP contribution in [0.2, 0.25) is 0 Å². The maximum absolute atomic E-state index is 12.3. The van der Waals surface area contributed by atoms with Crippen molar-refractivity contribution in [2.24, 2.45) is 5.92 Å². The van der Waals surface area contributed by atoms with Gasteiger partial charge in [-0.3, -0.25) is 4.79 Å². The highest BCUT2D eigenvalue weighted by atomic mass is 16.5. The zero-order valence-electron chi connectivity index (χ0n) is 11.6. The van der Waals surface area contributed by atoms with Crippen LogP contribution in [-0.2, 0) is 12.8 Å². The van der Waals surface area contributed by atoms with Crippen LogP contribution in [0.4, 0.5) is 0 Å². The summed E-state index contributed by atoms with van der Waals surface area (Å²) in [5, 5.41) is 7.10. The molecule has 2 aliphatic rings. The quantitative estimate of drug-likeness (QED) is 0.911. The highest BCUT2D eigenvalue weighted by Gasteiger charge is 2.27. The zero-order valence-corrected chi connectivity index (χ0v) is 11.6. The molecule has 4 heteroatoms. The van der Waals surface area contributed by atoms with E-state index in [0.717, 1.165) is 37.0 Å². The van der Waals surface area contributed by atoms with E-state index in [9.17, 15) is 4.79 Å². The van der Waals surface area contributed by atoms with Crippen LogP contribution in [-0.4, -0.2) is 17.1 Å². The molecule has 1 heterocycles. The first-order valence-electron chi connectivity index (χ1n) is 7.54. The number of fused-ring (bicyclic) bond motifs is 1. The molecule has 0 radical (unpaired) electrons. The van der Waals surface area contributed by atoms with Crippen molar-refractivity contribution in [1.29, 1.82) is 0 Å². The van der Waals surface area contributed by atoms with Crippen LogP contribution in [0.1, 0.15) is 67.3 Å². The molecule has 2 aliphatic carbocycles. The smallest absolute Gasteiger partial charge is 0.273 e. The third-order valence-electron chi connectivity index (χ3n) is 4.63. The second-order valence-corrected chi connectivity index (χ2v) is 5.95. The molecule has 19 heavy (non-hydrogen) atoms. The lowest BCUT2D eigenvalue weighted by molar-refractivity contribution is 0.0917. The number of hydrogen-bond acceptors (Lipinski definition) is 3. The third-order valence-corrected chi connectivity index (χ3v) is 4.63. The lowest BCUT2D eigenvalue weighted by atomic mass is 9.95. The van der Waals surface area contributed by atoms with E-state index >= 15 is 0 Å². The number of rotatable bonds is 3. The summed E-state index contributed by atoms with van der Waals surface area (Å²) in [6.45, 7) is 2.11. The molecular weight excluding hydrogens is 240 g/mol. The van der Waals surface area contributed by atoms with Crippen LogP contribution in [0.5, 0.6) is 0 Å². The van der Waals surface area contributed by atoms with Crippen molar-refractivity contribution < 1.29 is 9.32 Å². The van der Waals surface area contributed by atoms with Crippen LogP contribution < -0.4 is 5.32 Å². The second kappa shape index (κ2) is 5.35. The van der Waals surface area contributed by atoms with Gasteiger partial charge in [-0.05, 0) is 44.9 Å².